The predicted octanol–water partition coefficient (Wildman–Crippen LogP) is 8.42. The van der Waals surface area contributed by atoms with Crippen molar-refractivity contribution < 1.29 is 0 Å². The molecule has 0 atom stereocenters. The second-order valence-corrected chi connectivity index (χ2v) is 11.6. The Labute approximate surface area is 233 Å². The molecule has 2 heterocycles. The van der Waals surface area contributed by atoms with Gasteiger partial charge in [0.05, 0.1) is 0 Å². The molecule has 7 rings (SSSR count). The average molecular weight is 565 g/mol. The van der Waals surface area contributed by atoms with Crippen molar-refractivity contribution in [3.8, 4) is 54.6 Å². The fourth-order valence-electron chi connectivity index (χ4n) is 5.27. The van der Waals surface area contributed by atoms with Crippen LogP contribution in [0.5, 0.6) is 0 Å². The first-order valence-corrected chi connectivity index (χ1v) is 14.6. The van der Waals surface area contributed by atoms with E-state index < -0.39 is 0 Å². The summed E-state index contributed by atoms with van der Waals surface area (Å²) >= 11 is 0.191. The molecule has 0 aliphatic heterocycles. The van der Waals surface area contributed by atoms with Gasteiger partial charge in [-0.05, 0) is 0 Å². The summed E-state index contributed by atoms with van der Waals surface area (Å²) in [7, 11) is 0. The number of aromatic nitrogens is 3. The maximum absolute atomic E-state index is 4.57. The van der Waals surface area contributed by atoms with E-state index in [0.29, 0.717) is 0 Å². The van der Waals surface area contributed by atoms with Gasteiger partial charge in [0.1, 0.15) is 0 Å². The Bertz CT molecular complexity index is 1860. The van der Waals surface area contributed by atoms with Crippen LogP contribution in [-0.2, 0) is 0 Å². The molecule has 0 radical (unpaired) electrons. The molecule has 0 unspecified atom stereocenters. The molecule has 2 aromatic heterocycles. The van der Waals surface area contributed by atoms with Gasteiger partial charge in [-0.1, -0.05) is 0 Å². The van der Waals surface area contributed by atoms with Crippen LogP contribution in [0.15, 0.2) is 140 Å². The van der Waals surface area contributed by atoms with E-state index in [4.69, 9.17) is 0 Å². The van der Waals surface area contributed by atoms with E-state index in [9.17, 15) is 0 Å². The standard InChI is InChI=1S/C35H23N3Se/c1-3-11-24(12-4-1)27-16-8-9-17-29(27)34-28(25-13-5-2-6-14-25)19-20-30(35(34)31-21-22-36-38-37-31)33-23-26-15-7-10-18-32(26)39-33/h1-23H. The molecule has 0 aliphatic carbocycles. The summed E-state index contributed by atoms with van der Waals surface area (Å²) in [5.74, 6) is 0. The normalized spacial score (nSPS) is 11.1. The second-order valence-electron chi connectivity index (χ2n) is 9.34. The first-order chi connectivity index (χ1) is 19.4. The molecule has 0 bridgehead atoms. The van der Waals surface area contributed by atoms with Crippen molar-refractivity contribution in [2.75, 3.05) is 0 Å². The maximum atomic E-state index is 4.57. The zero-order valence-electron chi connectivity index (χ0n) is 21.0. The van der Waals surface area contributed by atoms with Gasteiger partial charge in [-0.15, -0.1) is 0 Å². The molecular formula is C35H23N3Se. The van der Waals surface area contributed by atoms with Gasteiger partial charge >= 0.3 is 234 Å². The Balaban J connectivity index is 1.62. The van der Waals surface area contributed by atoms with Crippen molar-refractivity contribution in [3.63, 3.8) is 0 Å². The van der Waals surface area contributed by atoms with Crippen LogP contribution in [0.1, 0.15) is 0 Å². The van der Waals surface area contributed by atoms with Gasteiger partial charge in [-0.2, -0.15) is 0 Å². The molecule has 184 valence electrons. The van der Waals surface area contributed by atoms with Crippen LogP contribution in [0.2, 0.25) is 0 Å². The first kappa shape index (κ1) is 23.5. The molecule has 3 nitrogen and oxygen atoms in total. The van der Waals surface area contributed by atoms with Gasteiger partial charge in [0, 0.05) is 0 Å². The van der Waals surface area contributed by atoms with Crippen LogP contribution in [0.25, 0.3) is 64.3 Å². The molecule has 0 saturated carbocycles. The van der Waals surface area contributed by atoms with E-state index in [2.05, 4.69) is 143 Å². The number of benzene rings is 5. The van der Waals surface area contributed by atoms with E-state index in [-0.39, 0.29) is 14.5 Å². The minimum atomic E-state index is 0.191. The molecule has 0 amide bonds. The van der Waals surface area contributed by atoms with Crippen LogP contribution < -0.4 is 0 Å². The number of fused-ring (bicyclic) bond motifs is 1. The SMILES string of the molecule is c1ccc(-c2ccccc2-c2c(-c3ccccc3)ccc(-c3cc4ccccc4[se]3)c2-c2ccnnn2)cc1. The first-order valence-electron chi connectivity index (χ1n) is 12.9. The Morgan fingerprint density at radius 2 is 1.13 bits per heavy atom. The molecule has 39 heavy (non-hydrogen) atoms. The third-order valence-corrected chi connectivity index (χ3v) is 9.43. The average Bonchev–Trinajstić information content (AvgIpc) is 3.46. The van der Waals surface area contributed by atoms with E-state index in [1.54, 1.807) is 6.20 Å². The third-order valence-electron chi connectivity index (χ3n) is 7.02. The van der Waals surface area contributed by atoms with Gasteiger partial charge < -0.3 is 0 Å². The van der Waals surface area contributed by atoms with Crippen molar-refractivity contribution in [1.29, 1.82) is 0 Å². The summed E-state index contributed by atoms with van der Waals surface area (Å²) in [4.78, 5) is 0. The van der Waals surface area contributed by atoms with Gasteiger partial charge in [-0.25, -0.2) is 0 Å². The Morgan fingerprint density at radius 1 is 0.487 bits per heavy atom. The number of nitrogens with zero attached hydrogens (tertiary/aromatic N) is 3. The van der Waals surface area contributed by atoms with Crippen molar-refractivity contribution in [2.24, 2.45) is 0 Å². The molecule has 0 aliphatic rings. The van der Waals surface area contributed by atoms with E-state index in [1.807, 2.05) is 6.07 Å². The van der Waals surface area contributed by atoms with Gasteiger partial charge in [0.15, 0.2) is 0 Å². The summed E-state index contributed by atoms with van der Waals surface area (Å²) in [5, 5.41) is 14.0. The molecule has 7 aromatic rings. The molecule has 0 saturated heterocycles. The Hall–Kier alpha value is -4.63. The topological polar surface area (TPSA) is 38.7 Å². The summed E-state index contributed by atoms with van der Waals surface area (Å²) in [6, 6.07) is 47.5. The Morgan fingerprint density at radius 3 is 1.85 bits per heavy atom. The fourth-order valence-corrected chi connectivity index (χ4v) is 7.57. The Kier molecular flexibility index (Phi) is 6.18. The monoisotopic (exact) mass is 565 g/mol. The van der Waals surface area contributed by atoms with E-state index in [1.165, 1.54) is 47.5 Å². The molecule has 5 aromatic carbocycles. The van der Waals surface area contributed by atoms with E-state index in [0.717, 1.165) is 16.8 Å². The summed E-state index contributed by atoms with van der Waals surface area (Å²) < 4.78 is 2.75. The molecule has 0 N–H and O–H groups in total. The van der Waals surface area contributed by atoms with Crippen LogP contribution in [0, 0.1) is 0 Å². The van der Waals surface area contributed by atoms with Crippen molar-refractivity contribution in [3.05, 3.63) is 140 Å². The molecule has 4 heteroatoms. The minimum absolute atomic E-state index is 0.191. The number of rotatable bonds is 5. The number of hydrogen-bond donors (Lipinski definition) is 0. The summed E-state index contributed by atoms with van der Waals surface area (Å²) in [5.41, 5.74) is 10.1. The zero-order chi connectivity index (χ0) is 26.0. The van der Waals surface area contributed by atoms with E-state index >= 15 is 0 Å². The van der Waals surface area contributed by atoms with Gasteiger partial charge in [0.2, 0.25) is 0 Å². The second kappa shape index (κ2) is 10.3. The summed E-state index contributed by atoms with van der Waals surface area (Å²) in [6.07, 6.45) is 1.73. The number of hydrogen-bond acceptors (Lipinski definition) is 3. The molecule has 0 fully saturated rings. The van der Waals surface area contributed by atoms with Crippen LogP contribution in [-0.4, -0.2) is 29.9 Å². The molecular weight excluding hydrogens is 541 g/mol. The summed E-state index contributed by atoms with van der Waals surface area (Å²) in [6.45, 7) is 0. The zero-order valence-corrected chi connectivity index (χ0v) is 22.7. The predicted molar refractivity (Wildman–Crippen MR) is 161 cm³/mol. The quantitative estimate of drug-likeness (QED) is 0.197. The fraction of sp³-hybridized carbons (Fsp3) is 0. The van der Waals surface area contributed by atoms with Crippen LogP contribution in [0.4, 0.5) is 0 Å². The molecule has 0 spiro atoms. The van der Waals surface area contributed by atoms with Gasteiger partial charge in [-0.3, -0.25) is 0 Å². The third kappa shape index (κ3) is 4.40. The van der Waals surface area contributed by atoms with Crippen molar-refractivity contribution in [2.45, 2.75) is 0 Å². The van der Waals surface area contributed by atoms with Gasteiger partial charge in [0.25, 0.3) is 0 Å². The van der Waals surface area contributed by atoms with Crippen LogP contribution in [0.3, 0.4) is 0 Å². The van der Waals surface area contributed by atoms with Crippen molar-refractivity contribution in [1.82, 2.24) is 15.4 Å². The van der Waals surface area contributed by atoms with Crippen LogP contribution >= 0.6 is 0 Å². The van der Waals surface area contributed by atoms with Crippen molar-refractivity contribution >= 4 is 24.1 Å².